The molecule has 1 atom stereocenters. The van der Waals surface area contributed by atoms with Crippen molar-refractivity contribution in [2.24, 2.45) is 5.11 Å². The first-order valence-electron chi connectivity index (χ1n) is 3.68. The Kier molecular flexibility index (Phi) is 1.61. The van der Waals surface area contributed by atoms with E-state index in [1.165, 1.54) is 0 Å². The van der Waals surface area contributed by atoms with Crippen LogP contribution in [0.5, 0.6) is 5.75 Å². The van der Waals surface area contributed by atoms with Crippen molar-refractivity contribution in [3.8, 4) is 5.75 Å². The Bertz CT molecular complexity index is 344. The third-order valence-corrected chi connectivity index (χ3v) is 1.87. The van der Waals surface area contributed by atoms with Crippen LogP contribution in [0.25, 0.3) is 10.4 Å². The van der Waals surface area contributed by atoms with Gasteiger partial charge in [-0.3, -0.25) is 0 Å². The van der Waals surface area contributed by atoms with Crippen LogP contribution in [0.15, 0.2) is 29.4 Å². The number of nitrogens with zero attached hydrogens (tertiary/aromatic N) is 3. The fraction of sp³-hybridized carbons (Fsp3) is 0.250. The molecule has 4 nitrogen and oxygen atoms in total. The number of fused-ring (bicyclic) bond motifs is 1. The number of benzene rings is 1. The van der Waals surface area contributed by atoms with Crippen LogP contribution in [-0.2, 0) is 0 Å². The molecule has 0 aliphatic carbocycles. The molecule has 1 heterocycles. The smallest absolute Gasteiger partial charge is 0.123 e. The summed E-state index contributed by atoms with van der Waals surface area (Å²) in [4.78, 5) is 2.76. The summed E-state index contributed by atoms with van der Waals surface area (Å²) in [6, 6.07) is 7.46. The topological polar surface area (TPSA) is 58.0 Å². The molecule has 0 radical (unpaired) electrons. The van der Waals surface area contributed by atoms with Crippen LogP contribution >= 0.6 is 0 Å². The van der Waals surface area contributed by atoms with E-state index in [9.17, 15) is 0 Å². The van der Waals surface area contributed by atoms with E-state index in [1.54, 1.807) is 0 Å². The van der Waals surface area contributed by atoms with Gasteiger partial charge in [-0.1, -0.05) is 23.3 Å². The predicted octanol–water partition coefficient (Wildman–Crippen LogP) is 2.43. The van der Waals surface area contributed by atoms with Gasteiger partial charge in [0.05, 0.1) is 0 Å². The molecule has 0 saturated heterocycles. The third-order valence-electron chi connectivity index (χ3n) is 1.87. The van der Waals surface area contributed by atoms with Gasteiger partial charge in [0.15, 0.2) is 0 Å². The number of rotatable bonds is 1. The standard InChI is InChI=1S/C8H7N3O/c9-11-10-7-5-12-8-4-2-1-3-6(7)8/h1-4,7H,5H2/t7-/m1/s1. The van der Waals surface area contributed by atoms with Crippen LogP contribution in [0.3, 0.4) is 0 Å². The maximum Gasteiger partial charge on any atom is 0.123 e. The quantitative estimate of drug-likeness (QED) is 0.354. The number of hydrogen-bond acceptors (Lipinski definition) is 2. The molecule has 0 amide bonds. The molecular weight excluding hydrogens is 154 g/mol. The van der Waals surface area contributed by atoms with E-state index in [-0.39, 0.29) is 6.04 Å². The van der Waals surface area contributed by atoms with Gasteiger partial charge in [-0.05, 0) is 11.6 Å². The molecule has 1 aliphatic rings. The van der Waals surface area contributed by atoms with Crippen molar-refractivity contribution in [3.63, 3.8) is 0 Å². The summed E-state index contributed by atoms with van der Waals surface area (Å²) >= 11 is 0. The number of azide groups is 1. The van der Waals surface area contributed by atoms with Gasteiger partial charge in [-0.25, -0.2) is 0 Å². The first-order chi connectivity index (χ1) is 5.92. The minimum Gasteiger partial charge on any atom is -0.493 e. The second-order valence-electron chi connectivity index (χ2n) is 2.57. The second-order valence-corrected chi connectivity index (χ2v) is 2.57. The molecule has 60 valence electrons. The van der Waals surface area contributed by atoms with Gasteiger partial charge < -0.3 is 4.74 Å². The molecule has 0 fully saturated rings. The molecule has 1 aliphatic heterocycles. The molecule has 0 saturated carbocycles. The van der Waals surface area contributed by atoms with E-state index in [4.69, 9.17) is 10.3 Å². The Morgan fingerprint density at radius 2 is 2.33 bits per heavy atom. The van der Waals surface area contributed by atoms with Crippen LogP contribution < -0.4 is 4.74 Å². The monoisotopic (exact) mass is 161 g/mol. The summed E-state index contributed by atoms with van der Waals surface area (Å²) in [5.41, 5.74) is 9.24. The zero-order valence-corrected chi connectivity index (χ0v) is 6.34. The Morgan fingerprint density at radius 1 is 1.50 bits per heavy atom. The minimum atomic E-state index is -0.147. The molecule has 1 aromatic carbocycles. The Morgan fingerprint density at radius 3 is 3.17 bits per heavy atom. The molecule has 0 bridgehead atoms. The predicted molar refractivity (Wildman–Crippen MR) is 43.8 cm³/mol. The van der Waals surface area contributed by atoms with Crippen molar-refractivity contribution >= 4 is 0 Å². The van der Waals surface area contributed by atoms with Crippen LogP contribution in [0.1, 0.15) is 11.6 Å². The van der Waals surface area contributed by atoms with Gasteiger partial charge in [0.2, 0.25) is 0 Å². The van der Waals surface area contributed by atoms with Crippen LogP contribution in [0, 0.1) is 0 Å². The lowest BCUT2D eigenvalue weighted by atomic mass is 10.1. The highest BCUT2D eigenvalue weighted by Gasteiger charge is 2.21. The minimum absolute atomic E-state index is 0.147. The van der Waals surface area contributed by atoms with E-state index >= 15 is 0 Å². The van der Waals surface area contributed by atoms with Crippen molar-refractivity contribution in [1.82, 2.24) is 0 Å². The molecule has 1 aromatic rings. The zero-order valence-electron chi connectivity index (χ0n) is 6.34. The lowest BCUT2D eigenvalue weighted by molar-refractivity contribution is 0.333. The Balaban J connectivity index is 2.42. The van der Waals surface area contributed by atoms with Gasteiger partial charge >= 0.3 is 0 Å². The van der Waals surface area contributed by atoms with Crippen molar-refractivity contribution < 1.29 is 4.74 Å². The lowest BCUT2D eigenvalue weighted by Gasteiger charge is -1.96. The summed E-state index contributed by atoms with van der Waals surface area (Å²) in [6.07, 6.45) is 0. The average molecular weight is 161 g/mol. The van der Waals surface area contributed by atoms with E-state index in [0.29, 0.717) is 6.61 Å². The maximum atomic E-state index is 8.26. The van der Waals surface area contributed by atoms with E-state index in [2.05, 4.69) is 10.0 Å². The lowest BCUT2D eigenvalue weighted by Crippen LogP contribution is -1.94. The van der Waals surface area contributed by atoms with Crippen molar-refractivity contribution in [3.05, 3.63) is 40.3 Å². The largest absolute Gasteiger partial charge is 0.493 e. The Labute approximate surface area is 69.4 Å². The number of para-hydroxylation sites is 1. The molecule has 2 rings (SSSR count). The second kappa shape index (κ2) is 2.75. The molecule has 0 N–H and O–H groups in total. The number of ether oxygens (including phenoxy) is 1. The normalized spacial score (nSPS) is 19.2. The molecule has 0 spiro atoms. The maximum absolute atomic E-state index is 8.26. The highest BCUT2D eigenvalue weighted by molar-refractivity contribution is 5.39. The first-order valence-corrected chi connectivity index (χ1v) is 3.68. The highest BCUT2D eigenvalue weighted by Crippen LogP contribution is 2.33. The van der Waals surface area contributed by atoms with E-state index in [0.717, 1.165) is 11.3 Å². The van der Waals surface area contributed by atoms with E-state index in [1.807, 2.05) is 24.3 Å². The van der Waals surface area contributed by atoms with Crippen molar-refractivity contribution in [2.45, 2.75) is 6.04 Å². The van der Waals surface area contributed by atoms with Gasteiger partial charge in [-0.15, -0.1) is 0 Å². The van der Waals surface area contributed by atoms with Gasteiger partial charge in [0.1, 0.15) is 18.4 Å². The Hall–Kier alpha value is -1.67. The fourth-order valence-corrected chi connectivity index (χ4v) is 1.30. The fourth-order valence-electron chi connectivity index (χ4n) is 1.30. The molecule has 12 heavy (non-hydrogen) atoms. The van der Waals surface area contributed by atoms with Crippen molar-refractivity contribution in [2.75, 3.05) is 6.61 Å². The molecular formula is C8H7N3O. The molecule has 4 heteroatoms. The SMILES string of the molecule is [N-]=[N+]=N[C@@H]1COc2ccccc21. The van der Waals surface area contributed by atoms with E-state index < -0.39 is 0 Å². The van der Waals surface area contributed by atoms with Crippen LogP contribution in [-0.4, -0.2) is 6.61 Å². The van der Waals surface area contributed by atoms with Crippen LogP contribution in [0.2, 0.25) is 0 Å². The van der Waals surface area contributed by atoms with Gasteiger partial charge in [0.25, 0.3) is 0 Å². The van der Waals surface area contributed by atoms with Gasteiger partial charge in [-0.2, -0.15) is 0 Å². The zero-order chi connectivity index (χ0) is 8.39. The summed E-state index contributed by atoms with van der Waals surface area (Å²) in [5.74, 6) is 0.829. The summed E-state index contributed by atoms with van der Waals surface area (Å²) in [5, 5.41) is 3.62. The summed E-state index contributed by atoms with van der Waals surface area (Å²) in [7, 11) is 0. The third kappa shape index (κ3) is 0.984. The highest BCUT2D eigenvalue weighted by atomic mass is 16.5. The summed E-state index contributed by atoms with van der Waals surface area (Å²) < 4.78 is 5.30. The van der Waals surface area contributed by atoms with Gasteiger partial charge in [0, 0.05) is 10.5 Å². The summed E-state index contributed by atoms with van der Waals surface area (Å²) in [6.45, 7) is 0.462. The molecule has 0 aromatic heterocycles. The average Bonchev–Trinajstić information content (AvgIpc) is 2.50. The van der Waals surface area contributed by atoms with Crippen LogP contribution in [0.4, 0.5) is 0 Å². The van der Waals surface area contributed by atoms with Crippen molar-refractivity contribution in [1.29, 1.82) is 0 Å². The first kappa shape index (κ1) is 7.00. The molecule has 0 unspecified atom stereocenters. The number of hydrogen-bond donors (Lipinski definition) is 0.